The van der Waals surface area contributed by atoms with Gasteiger partial charge in [-0.1, -0.05) is 140 Å². The molecule has 5 heteroatoms. The van der Waals surface area contributed by atoms with Crippen LogP contribution in [-0.4, -0.2) is 19.1 Å². The highest BCUT2D eigenvalue weighted by Gasteiger charge is 2.28. The fourth-order valence-corrected chi connectivity index (χ4v) is 9.70. The average Bonchev–Trinajstić information content (AvgIpc) is 4.05. The van der Waals surface area contributed by atoms with E-state index in [1.165, 1.54) is 32.9 Å². The van der Waals surface area contributed by atoms with Gasteiger partial charge in [0.15, 0.2) is 0 Å². The van der Waals surface area contributed by atoms with E-state index in [1.807, 2.05) is 6.20 Å². The van der Waals surface area contributed by atoms with E-state index >= 15 is 0 Å². The Labute approximate surface area is 339 Å². The van der Waals surface area contributed by atoms with Gasteiger partial charge >= 0.3 is 0 Å². The zero-order valence-corrected chi connectivity index (χ0v) is 31.7. The van der Waals surface area contributed by atoms with Crippen LogP contribution in [0.5, 0.6) is 0 Å². The van der Waals surface area contributed by atoms with E-state index in [-0.39, 0.29) is 0 Å². The molecule has 0 unspecified atom stereocenters. The predicted octanol–water partition coefficient (Wildman–Crippen LogP) is 13.9. The Kier molecular flexibility index (Phi) is 6.66. The third-order valence-electron chi connectivity index (χ3n) is 12.3. The van der Waals surface area contributed by atoms with Crippen molar-refractivity contribution in [3.63, 3.8) is 0 Å². The Morgan fingerprint density at radius 2 is 0.881 bits per heavy atom. The molecule has 0 N–H and O–H groups in total. The van der Waals surface area contributed by atoms with E-state index in [9.17, 15) is 0 Å². The number of para-hydroxylation sites is 2. The maximum absolute atomic E-state index is 6.19. The Morgan fingerprint density at radius 1 is 0.390 bits per heavy atom. The molecule has 274 valence electrons. The van der Waals surface area contributed by atoms with Gasteiger partial charge in [-0.3, -0.25) is 4.57 Å². The van der Waals surface area contributed by atoms with Gasteiger partial charge in [0.25, 0.3) is 0 Å². The highest BCUT2D eigenvalue weighted by atomic mass is 16.3. The molecule has 0 saturated heterocycles. The number of hydrogen-bond donors (Lipinski definition) is 0. The smallest absolute Gasteiger partial charge is 0.234 e. The van der Waals surface area contributed by atoms with Crippen LogP contribution in [0.25, 0.3) is 123 Å². The van der Waals surface area contributed by atoms with Crippen molar-refractivity contribution in [1.29, 1.82) is 0 Å². The monoisotopic (exact) mass is 752 g/mol. The summed E-state index contributed by atoms with van der Waals surface area (Å²) >= 11 is 0. The highest BCUT2D eigenvalue weighted by Crippen LogP contribution is 2.50. The number of aromatic nitrogens is 4. The van der Waals surface area contributed by atoms with Gasteiger partial charge in [0.2, 0.25) is 5.95 Å². The van der Waals surface area contributed by atoms with Gasteiger partial charge in [-0.15, -0.1) is 0 Å². The number of nitrogens with zero attached hydrogens (tertiary/aromatic N) is 4. The molecule has 0 bridgehead atoms. The molecule has 0 fully saturated rings. The summed E-state index contributed by atoms with van der Waals surface area (Å²) in [5.41, 5.74) is 19.9. The summed E-state index contributed by atoms with van der Waals surface area (Å²) < 4.78 is 10.7. The van der Waals surface area contributed by atoms with Crippen LogP contribution >= 0.6 is 0 Å². The fraction of sp³-hybridized carbons (Fsp3) is 0. The van der Waals surface area contributed by atoms with Gasteiger partial charge in [-0.2, -0.15) is 0 Å². The van der Waals surface area contributed by atoms with Crippen molar-refractivity contribution < 1.29 is 4.42 Å². The van der Waals surface area contributed by atoms with Crippen LogP contribution in [0, 0.1) is 0 Å². The lowest BCUT2D eigenvalue weighted by Gasteiger charge is -2.23. The minimum atomic E-state index is 0.606. The lowest BCUT2D eigenvalue weighted by atomic mass is 9.83. The number of rotatable bonds is 2. The van der Waals surface area contributed by atoms with Crippen LogP contribution in [0.15, 0.2) is 199 Å². The molecule has 0 spiro atoms. The van der Waals surface area contributed by atoms with Crippen LogP contribution in [0.2, 0.25) is 0 Å². The summed E-state index contributed by atoms with van der Waals surface area (Å²) in [6, 6.07) is 60.8. The zero-order valence-electron chi connectivity index (χ0n) is 31.7. The van der Waals surface area contributed by atoms with E-state index in [2.05, 4.69) is 191 Å². The van der Waals surface area contributed by atoms with Crippen molar-refractivity contribution in [2.24, 2.45) is 0 Å². The molecular weight excluding hydrogens is 721 g/mol. The minimum absolute atomic E-state index is 0.606. The highest BCUT2D eigenvalue weighted by molar-refractivity contribution is 6.10. The first-order valence-electron chi connectivity index (χ1n) is 20.0. The van der Waals surface area contributed by atoms with Crippen molar-refractivity contribution in [1.82, 2.24) is 19.1 Å². The maximum atomic E-state index is 6.19. The van der Waals surface area contributed by atoms with E-state index in [1.54, 1.807) is 6.26 Å². The molecule has 59 heavy (non-hydrogen) atoms. The third kappa shape index (κ3) is 4.61. The topological polar surface area (TPSA) is 48.8 Å². The standard InChI is InChI=1S/C54H32N4O/c1-3-16-37-34(13-1)35-14-5-7-21-43(35)52-47(40-26-25-33(29-46(37)40)58-50-23-11-9-19-41(50)42-20-10-12-24-51(42)58)30-55-54(56-52)57-31-48-38-17-4-2-15-36(38)45-27-28-59-53(45)44-22-8-6-18-39(44)49(48)32-57/h1-32H. The Morgan fingerprint density at radius 3 is 1.54 bits per heavy atom. The molecule has 7 aromatic carbocycles. The molecule has 0 radical (unpaired) electrons. The summed E-state index contributed by atoms with van der Waals surface area (Å²) in [5, 5.41) is 2.48. The van der Waals surface area contributed by atoms with Crippen molar-refractivity contribution in [3.8, 4) is 101 Å². The third-order valence-corrected chi connectivity index (χ3v) is 12.3. The SMILES string of the molecule is c1ccc2c(c1)-c1cc(-n3c4ccccc4c4ccccc43)ccc1-c1cnc(-n3cc4c(c3)-c3ccccc3-c3occc3-c3ccccc3-4)nc1-c1ccccc1-2. The zero-order chi connectivity index (χ0) is 38.6. The molecule has 2 aliphatic rings. The quantitative estimate of drug-likeness (QED) is 0.177. The van der Waals surface area contributed by atoms with Crippen LogP contribution in [0.4, 0.5) is 0 Å². The molecular formula is C54H32N4O. The first kappa shape index (κ1) is 32.1. The average molecular weight is 753 g/mol. The predicted molar refractivity (Wildman–Crippen MR) is 239 cm³/mol. The van der Waals surface area contributed by atoms with Gasteiger partial charge < -0.3 is 8.98 Å². The Hall–Kier alpha value is -8.02. The van der Waals surface area contributed by atoms with Gasteiger partial charge in [0, 0.05) is 68.4 Å². The number of benzene rings is 7. The second-order valence-electron chi connectivity index (χ2n) is 15.4. The molecule has 4 heterocycles. The second kappa shape index (κ2) is 12.2. The van der Waals surface area contributed by atoms with Gasteiger partial charge in [-0.25, -0.2) is 9.97 Å². The number of fused-ring (bicyclic) bond motifs is 19. The normalized spacial score (nSPS) is 12.1. The second-order valence-corrected chi connectivity index (χ2v) is 15.4. The van der Waals surface area contributed by atoms with Crippen molar-refractivity contribution >= 4 is 21.8 Å². The molecule has 11 aromatic rings. The largest absolute Gasteiger partial charge is 0.464 e. The minimum Gasteiger partial charge on any atom is -0.464 e. The summed E-state index contributed by atoms with van der Waals surface area (Å²) in [5.74, 6) is 1.48. The van der Waals surface area contributed by atoms with E-state index in [4.69, 9.17) is 14.4 Å². The van der Waals surface area contributed by atoms with Crippen LogP contribution in [0.1, 0.15) is 0 Å². The maximum Gasteiger partial charge on any atom is 0.234 e. The first-order valence-corrected chi connectivity index (χ1v) is 20.0. The molecule has 5 nitrogen and oxygen atoms in total. The molecule has 13 rings (SSSR count). The lowest BCUT2D eigenvalue weighted by Crippen LogP contribution is -2.05. The van der Waals surface area contributed by atoms with Crippen LogP contribution in [-0.2, 0) is 0 Å². The molecule has 0 aliphatic heterocycles. The van der Waals surface area contributed by atoms with Crippen molar-refractivity contribution in [2.45, 2.75) is 0 Å². The number of furan rings is 1. The summed E-state index contributed by atoms with van der Waals surface area (Å²) in [7, 11) is 0. The molecule has 2 aliphatic carbocycles. The van der Waals surface area contributed by atoms with Crippen molar-refractivity contribution in [3.05, 3.63) is 195 Å². The first-order chi connectivity index (χ1) is 29.3. The van der Waals surface area contributed by atoms with E-state index in [0.29, 0.717) is 5.95 Å². The van der Waals surface area contributed by atoms with E-state index < -0.39 is 0 Å². The molecule has 0 atom stereocenters. The molecule has 4 aromatic heterocycles. The van der Waals surface area contributed by atoms with Gasteiger partial charge in [0.1, 0.15) is 5.76 Å². The van der Waals surface area contributed by atoms with Gasteiger partial charge in [0.05, 0.1) is 23.0 Å². The lowest BCUT2D eigenvalue weighted by molar-refractivity contribution is 0.583. The summed E-state index contributed by atoms with van der Waals surface area (Å²) in [4.78, 5) is 10.7. The molecule has 0 amide bonds. The molecule has 0 saturated carbocycles. The summed E-state index contributed by atoms with van der Waals surface area (Å²) in [6.45, 7) is 0. The Bertz CT molecular complexity index is 3390. The van der Waals surface area contributed by atoms with E-state index in [0.717, 1.165) is 83.9 Å². The van der Waals surface area contributed by atoms with Crippen LogP contribution < -0.4 is 0 Å². The summed E-state index contributed by atoms with van der Waals surface area (Å²) in [6.07, 6.45) is 8.18. The van der Waals surface area contributed by atoms with Gasteiger partial charge in [-0.05, 0) is 74.8 Å². The Balaban J connectivity index is 1.05. The van der Waals surface area contributed by atoms with Crippen LogP contribution in [0.3, 0.4) is 0 Å². The van der Waals surface area contributed by atoms with Crippen molar-refractivity contribution in [2.75, 3.05) is 0 Å². The fourth-order valence-electron chi connectivity index (χ4n) is 9.70. The number of hydrogen-bond acceptors (Lipinski definition) is 3.